The van der Waals surface area contributed by atoms with Gasteiger partial charge in [0.1, 0.15) is 5.75 Å². The van der Waals surface area contributed by atoms with E-state index in [4.69, 9.17) is 4.74 Å². The third-order valence-electron chi connectivity index (χ3n) is 4.84. The number of ether oxygens (including phenoxy) is 1. The maximum Gasteiger partial charge on any atom is 0.119 e. The van der Waals surface area contributed by atoms with Gasteiger partial charge in [-0.2, -0.15) is 0 Å². The van der Waals surface area contributed by atoms with Crippen molar-refractivity contribution < 1.29 is 4.74 Å². The van der Waals surface area contributed by atoms with Gasteiger partial charge >= 0.3 is 0 Å². The van der Waals surface area contributed by atoms with E-state index in [0.717, 1.165) is 37.8 Å². The summed E-state index contributed by atoms with van der Waals surface area (Å²) in [5.74, 6) is 3.26. The molecule has 3 rings (SSSR count). The number of piperidine rings is 1. The molecular formula is C19H27NO. The van der Waals surface area contributed by atoms with E-state index in [2.05, 4.69) is 42.2 Å². The lowest BCUT2D eigenvalue weighted by Gasteiger charge is -2.23. The maximum absolute atomic E-state index is 6.06. The van der Waals surface area contributed by atoms with Crippen molar-refractivity contribution in [1.29, 1.82) is 0 Å². The molecule has 0 aromatic heterocycles. The summed E-state index contributed by atoms with van der Waals surface area (Å²) in [6.45, 7) is 7.05. The van der Waals surface area contributed by atoms with E-state index < -0.39 is 0 Å². The Kier molecular flexibility index (Phi) is 4.97. The Bertz CT molecular complexity index is 460. The van der Waals surface area contributed by atoms with E-state index in [9.17, 15) is 0 Å². The molecule has 1 heterocycles. The van der Waals surface area contributed by atoms with Crippen LogP contribution in [0.15, 0.2) is 36.9 Å². The quantitative estimate of drug-likeness (QED) is 0.760. The van der Waals surface area contributed by atoms with Gasteiger partial charge in [-0.25, -0.2) is 0 Å². The lowest BCUT2D eigenvalue weighted by molar-refractivity contribution is 0.215. The van der Waals surface area contributed by atoms with Gasteiger partial charge in [0.25, 0.3) is 0 Å². The van der Waals surface area contributed by atoms with Crippen LogP contribution in [0.5, 0.6) is 5.75 Å². The topological polar surface area (TPSA) is 21.3 Å². The lowest BCUT2D eigenvalue weighted by Crippen LogP contribution is -2.30. The Hall–Kier alpha value is -1.28. The van der Waals surface area contributed by atoms with Crippen molar-refractivity contribution in [2.75, 3.05) is 19.7 Å². The van der Waals surface area contributed by atoms with Gasteiger partial charge in [0.15, 0.2) is 0 Å². The van der Waals surface area contributed by atoms with E-state index in [-0.39, 0.29) is 0 Å². The Labute approximate surface area is 128 Å². The average molecular weight is 285 g/mol. The highest BCUT2D eigenvalue weighted by atomic mass is 16.5. The third kappa shape index (κ3) is 4.10. The molecule has 2 heteroatoms. The van der Waals surface area contributed by atoms with Crippen molar-refractivity contribution in [2.24, 2.45) is 11.8 Å². The molecule has 2 aliphatic rings. The van der Waals surface area contributed by atoms with Gasteiger partial charge in [-0.05, 0) is 80.6 Å². The summed E-state index contributed by atoms with van der Waals surface area (Å²) in [6.07, 6.45) is 8.37. The largest absolute Gasteiger partial charge is 0.493 e. The van der Waals surface area contributed by atoms with Crippen molar-refractivity contribution >= 4 is 0 Å². The highest BCUT2D eigenvalue weighted by Gasteiger charge is 2.31. The Morgan fingerprint density at radius 1 is 1.24 bits per heavy atom. The molecule has 0 spiro atoms. The predicted molar refractivity (Wildman–Crippen MR) is 87.8 cm³/mol. The summed E-state index contributed by atoms with van der Waals surface area (Å²) in [6, 6.07) is 8.76. The normalized spacial score (nSPS) is 21.0. The van der Waals surface area contributed by atoms with Crippen LogP contribution >= 0.6 is 0 Å². The Balaban J connectivity index is 1.60. The van der Waals surface area contributed by atoms with E-state index >= 15 is 0 Å². The summed E-state index contributed by atoms with van der Waals surface area (Å²) in [5, 5.41) is 3.41. The summed E-state index contributed by atoms with van der Waals surface area (Å²) >= 11 is 0. The molecule has 1 aliphatic carbocycles. The molecule has 0 amide bonds. The van der Waals surface area contributed by atoms with E-state index in [0.29, 0.717) is 11.8 Å². The first-order valence-electron chi connectivity index (χ1n) is 8.41. The molecular weight excluding hydrogens is 258 g/mol. The number of nitrogens with one attached hydrogen (secondary N) is 1. The fraction of sp³-hybridized carbons (Fsp3) is 0.579. The summed E-state index contributed by atoms with van der Waals surface area (Å²) in [4.78, 5) is 0. The van der Waals surface area contributed by atoms with E-state index in [1.54, 1.807) is 0 Å². The van der Waals surface area contributed by atoms with Gasteiger partial charge in [-0.1, -0.05) is 18.2 Å². The van der Waals surface area contributed by atoms with Crippen LogP contribution in [0.4, 0.5) is 0 Å². The molecule has 1 saturated carbocycles. The van der Waals surface area contributed by atoms with Crippen LogP contribution in [-0.4, -0.2) is 19.7 Å². The number of hydrogen-bond donors (Lipinski definition) is 1. The molecule has 1 aromatic carbocycles. The first kappa shape index (κ1) is 14.6. The van der Waals surface area contributed by atoms with Crippen LogP contribution < -0.4 is 10.1 Å². The first-order valence-corrected chi connectivity index (χ1v) is 8.41. The Morgan fingerprint density at radius 2 is 2.05 bits per heavy atom. The summed E-state index contributed by atoms with van der Waals surface area (Å²) < 4.78 is 6.06. The number of hydrogen-bond acceptors (Lipinski definition) is 2. The van der Waals surface area contributed by atoms with Gasteiger partial charge in [-0.15, -0.1) is 6.58 Å². The zero-order valence-electron chi connectivity index (χ0n) is 12.9. The zero-order chi connectivity index (χ0) is 14.5. The standard InChI is InChI=1S/C19H27NO/c1-2-4-19(16-7-8-16)17-5-3-6-18(13-17)21-14-15-9-11-20-12-10-15/h2-3,5-6,13,15-16,19-20H,1,4,7-12,14H2. The van der Waals surface area contributed by atoms with Crippen LogP contribution in [-0.2, 0) is 0 Å². The minimum atomic E-state index is 0.643. The summed E-state index contributed by atoms with van der Waals surface area (Å²) in [5.41, 5.74) is 1.43. The molecule has 1 aromatic rings. The van der Waals surface area contributed by atoms with Crippen LogP contribution in [0, 0.1) is 11.8 Å². The van der Waals surface area contributed by atoms with Gasteiger partial charge in [0.05, 0.1) is 6.61 Å². The van der Waals surface area contributed by atoms with Crippen molar-refractivity contribution in [3.63, 3.8) is 0 Å². The van der Waals surface area contributed by atoms with Crippen molar-refractivity contribution in [2.45, 2.75) is 38.0 Å². The first-order chi connectivity index (χ1) is 10.4. The fourth-order valence-electron chi connectivity index (χ4n) is 3.38. The maximum atomic E-state index is 6.06. The molecule has 1 aliphatic heterocycles. The van der Waals surface area contributed by atoms with Crippen LogP contribution in [0.1, 0.15) is 43.6 Å². The highest BCUT2D eigenvalue weighted by molar-refractivity contribution is 5.32. The van der Waals surface area contributed by atoms with E-state index in [1.807, 2.05) is 0 Å². The molecule has 0 radical (unpaired) electrons. The van der Waals surface area contributed by atoms with Gasteiger partial charge in [-0.3, -0.25) is 0 Å². The van der Waals surface area contributed by atoms with Crippen molar-refractivity contribution in [1.82, 2.24) is 5.32 Å². The second-order valence-electron chi connectivity index (χ2n) is 6.55. The minimum absolute atomic E-state index is 0.643. The van der Waals surface area contributed by atoms with Gasteiger partial charge in [0.2, 0.25) is 0 Å². The second-order valence-corrected chi connectivity index (χ2v) is 6.55. The average Bonchev–Trinajstić information content (AvgIpc) is 3.37. The molecule has 1 unspecified atom stereocenters. The van der Waals surface area contributed by atoms with Crippen molar-refractivity contribution in [3.05, 3.63) is 42.5 Å². The minimum Gasteiger partial charge on any atom is -0.493 e. The SMILES string of the molecule is C=CCC(c1cccc(OCC2CCNCC2)c1)C1CC1. The van der Waals surface area contributed by atoms with Gasteiger partial charge in [0, 0.05) is 0 Å². The Morgan fingerprint density at radius 3 is 2.76 bits per heavy atom. The van der Waals surface area contributed by atoms with E-state index in [1.165, 1.54) is 31.2 Å². The molecule has 1 N–H and O–H groups in total. The molecule has 1 atom stereocenters. The van der Waals surface area contributed by atoms with Crippen molar-refractivity contribution in [3.8, 4) is 5.75 Å². The molecule has 0 bridgehead atoms. The fourth-order valence-corrected chi connectivity index (χ4v) is 3.38. The molecule has 21 heavy (non-hydrogen) atoms. The zero-order valence-corrected chi connectivity index (χ0v) is 12.9. The third-order valence-corrected chi connectivity index (χ3v) is 4.84. The van der Waals surface area contributed by atoms with Crippen LogP contribution in [0.2, 0.25) is 0 Å². The summed E-state index contributed by atoms with van der Waals surface area (Å²) in [7, 11) is 0. The molecule has 2 nitrogen and oxygen atoms in total. The number of rotatable bonds is 7. The van der Waals surface area contributed by atoms with Crippen LogP contribution in [0.3, 0.4) is 0 Å². The van der Waals surface area contributed by atoms with Gasteiger partial charge < -0.3 is 10.1 Å². The lowest BCUT2D eigenvalue weighted by atomic mass is 9.91. The molecule has 114 valence electrons. The molecule has 2 fully saturated rings. The highest BCUT2D eigenvalue weighted by Crippen LogP contribution is 2.45. The monoisotopic (exact) mass is 285 g/mol. The number of allylic oxidation sites excluding steroid dienone is 1. The smallest absolute Gasteiger partial charge is 0.119 e. The van der Waals surface area contributed by atoms with Crippen LogP contribution in [0.25, 0.3) is 0 Å². The predicted octanol–water partition coefficient (Wildman–Crippen LogP) is 4.13. The molecule has 1 saturated heterocycles. The second kappa shape index (κ2) is 7.13. The number of benzene rings is 1.